The molecule has 0 saturated carbocycles. The lowest BCUT2D eigenvalue weighted by atomic mass is 11.2. The second-order valence-electron chi connectivity index (χ2n) is 0.960. The van der Waals surface area contributed by atoms with Crippen molar-refractivity contribution in [1.29, 1.82) is 0 Å². The summed E-state index contributed by atoms with van der Waals surface area (Å²) >= 11 is 2.60. The quantitative estimate of drug-likeness (QED) is 0.666. The van der Waals surface area contributed by atoms with E-state index in [4.69, 9.17) is 5.73 Å². The highest BCUT2D eigenvalue weighted by Crippen LogP contribution is 2.14. The zero-order chi connectivity index (χ0) is 6.57. The summed E-state index contributed by atoms with van der Waals surface area (Å²) in [6, 6.07) is -0.412. The van der Waals surface area contributed by atoms with Crippen LogP contribution >= 0.6 is 36.3 Å². The lowest BCUT2D eigenvalue weighted by Gasteiger charge is -2.10. The minimum atomic E-state index is -0.412. The summed E-state index contributed by atoms with van der Waals surface area (Å²) in [5.41, 5.74) is 4.90. The molecule has 56 valence electrons. The summed E-state index contributed by atoms with van der Waals surface area (Å²) in [7, 11) is 0. The van der Waals surface area contributed by atoms with Gasteiger partial charge in [-0.3, -0.25) is 0 Å². The third-order valence-electron chi connectivity index (χ3n) is 0.512. The largest absolute Gasteiger partial charge is 0.350 e. The molecule has 2 N–H and O–H groups in total. The Bertz CT molecular complexity index is 87.9. The van der Waals surface area contributed by atoms with E-state index in [1.54, 1.807) is 12.5 Å². The number of nitrogens with two attached hydrogens (primary N) is 1. The Morgan fingerprint density at radius 1 is 1.44 bits per heavy atom. The highest BCUT2D eigenvalue weighted by molar-refractivity contribution is 8.12. The van der Waals surface area contributed by atoms with E-state index in [0.29, 0.717) is 0 Å². The topological polar surface area (TPSA) is 46.3 Å². The molecule has 0 spiro atoms. The van der Waals surface area contributed by atoms with Gasteiger partial charge in [-0.2, -0.15) is 0 Å². The van der Waals surface area contributed by atoms with Gasteiger partial charge in [-0.1, -0.05) is 0 Å². The van der Waals surface area contributed by atoms with E-state index >= 15 is 0 Å². The van der Waals surface area contributed by atoms with Crippen molar-refractivity contribution >= 4 is 42.3 Å². The minimum Gasteiger partial charge on any atom is -0.350 e. The van der Waals surface area contributed by atoms with E-state index in [-0.39, 0.29) is 12.4 Å². The normalized spacial score (nSPS) is 7.78. The maximum Gasteiger partial charge on any atom is 0.335 e. The highest BCUT2D eigenvalue weighted by Gasteiger charge is 2.03. The summed E-state index contributed by atoms with van der Waals surface area (Å²) in [6.45, 7) is 0. The Morgan fingerprint density at radius 3 is 1.78 bits per heavy atom. The molecule has 3 nitrogen and oxygen atoms in total. The zero-order valence-electron chi connectivity index (χ0n) is 5.16. The molecular formula is C3H9ClN2OS2. The molecule has 0 atom stereocenters. The number of carbonyl (C=O) groups excluding carboxylic acids is 1. The lowest BCUT2D eigenvalue weighted by Crippen LogP contribution is -2.23. The second-order valence-corrected chi connectivity index (χ2v) is 2.65. The molecule has 0 aliphatic heterocycles. The summed E-state index contributed by atoms with van der Waals surface area (Å²) in [5, 5.41) is 0. The van der Waals surface area contributed by atoms with E-state index in [1.807, 2.05) is 0 Å². The van der Waals surface area contributed by atoms with Gasteiger partial charge < -0.3 is 5.73 Å². The van der Waals surface area contributed by atoms with Crippen molar-refractivity contribution < 1.29 is 4.79 Å². The molecule has 6 heteroatoms. The number of carbonyl (C=O) groups is 1. The zero-order valence-corrected chi connectivity index (χ0v) is 7.61. The van der Waals surface area contributed by atoms with Crippen LogP contribution in [0.15, 0.2) is 0 Å². The number of hydrogen-bond acceptors (Lipinski definition) is 3. The van der Waals surface area contributed by atoms with E-state index in [1.165, 1.54) is 27.6 Å². The van der Waals surface area contributed by atoms with Gasteiger partial charge in [0.2, 0.25) is 0 Å². The molecule has 0 bridgehead atoms. The van der Waals surface area contributed by atoms with Crippen molar-refractivity contribution in [2.24, 2.45) is 5.73 Å². The van der Waals surface area contributed by atoms with Crippen molar-refractivity contribution in [1.82, 2.24) is 3.71 Å². The molecule has 0 aromatic rings. The van der Waals surface area contributed by atoms with Crippen LogP contribution in [-0.2, 0) is 0 Å². The van der Waals surface area contributed by atoms with Crippen molar-refractivity contribution in [3.63, 3.8) is 0 Å². The number of hydrogen-bond donors (Lipinski definition) is 1. The maximum absolute atomic E-state index is 10.3. The molecule has 0 aliphatic carbocycles. The van der Waals surface area contributed by atoms with Crippen LogP contribution in [0.3, 0.4) is 0 Å². The van der Waals surface area contributed by atoms with E-state index in [9.17, 15) is 4.79 Å². The molecule has 9 heavy (non-hydrogen) atoms. The fourth-order valence-corrected chi connectivity index (χ4v) is 1.21. The molecule has 0 saturated heterocycles. The van der Waals surface area contributed by atoms with Gasteiger partial charge in [0, 0.05) is 12.5 Å². The molecule has 0 radical (unpaired) electrons. The second kappa shape index (κ2) is 6.38. The van der Waals surface area contributed by atoms with Crippen LogP contribution in [0.4, 0.5) is 4.79 Å². The number of amides is 2. The van der Waals surface area contributed by atoms with E-state index < -0.39 is 6.03 Å². The van der Waals surface area contributed by atoms with Gasteiger partial charge in [0.15, 0.2) is 0 Å². The average Bonchev–Trinajstić information content (AvgIpc) is 1.69. The first-order valence-corrected chi connectivity index (χ1v) is 4.26. The predicted molar refractivity (Wildman–Crippen MR) is 45.7 cm³/mol. The van der Waals surface area contributed by atoms with Gasteiger partial charge >= 0.3 is 6.03 Å². The molecule has 2 amide bonds. The number of primary amides is 1. The minimum absolute atomic E-state index is 0. The Hall–Kier alpha value is 0.260. The van der Waals surface area contributed by atoms with Crippen molar-refractivity contribution in [3.05, 3.63) is 0 Å². The summed E-state index contributed by atoms with van der Waals surface area (Å²) < 4.78 is 1.39. The molecule has 0 heterocycles. The number of urea groups is 1. The molecule has 0 rings (SSSR count). The number of nitrogens with zero attached hydrogens (tertiary/aromatic N) is 1. The third kappa shape index (κ3) is 4.74. The van der Waals surface area contributed by atoms with Crippen LogP contribution in [0.25, 0.3) is 0 Å². The van der Waals surface area contributed by atoms with Crippen molar-refractivity contribution in [3.8, 4) is 0 Å². The van der Waals surface area contributed by atoms with Crippen molar-refractivity contribution in [2.45, 2.75) is 0 Å². The molecule has 0 aromatic carbocycles. The lowest BCUT2D eigenvalue weighted by molar-refractivity contribution is 0.247. The fraction of sp³-hybridized carbons (Fsp3) is 0.667. The standard InChI is InChI=1S/C3H8N2OS2.ClH/c1-7-5(8-2)3(4)6;/h1-2H3,(H2,4,6);1H. The van der Waals surface area contributed by atoms with Crippen LogP contribution in [0, 0.1) is 0 Å². The SMILES string of the molecule is CSN(SC)C(N)=O.Cl. The maximum atomic E-state index is 10.3. The van der Waals surface area contributed by atoms with Gasteiger partial charge in [0.05, 0.1) is 0 Å². The number of halogens is 1. The summed E-state index contributed by atoms with van der Waals surface area (Å²) in [5.74, 6) is 0. The Balaban J connectivity index is 0. The molecule has 0 unspecified atom stereocenters. The van der Waals surface area contributed by atoms with Gasteiger partial charge in [0.25, 0.3) is 0 Å². The predicted octanol–water partition coefficient (Wildman–Crippen LogP) is 1.34. The van der Waals surface area contributed by atoms with Crippen molar-refractivity contribution in [2.75, 3.05) is 12.5 Å². The van der Waals surface area contributed by atoms with E-state index in [0.717, 1.165) is 0 Å². The van der Waals surface area contributed by atoms with Crippen LogP contribution < -0.4 is 5.73 Å². The van der Waals surface area contributed by atoms with E-state index in [2.05, 4.69) is 0 Å². The van der Waals surface area contributed by atoms with Crippen LogP contribution in [-0.4, -0.2) is 22.3 Å². The first-order valence-electron chi connectivity index (χ1n) is 1.90. The van der Waals surface area contributed by atoms with Crippen LogP contribution in [0.5, 0.6) is 0 Å². The van der Waals surface area contributed by atoms with Gasteiger partial charge in [-0.15, -0.1) is 12.4 Å². The van der Waals surface area contributed by atoms with Gasteiger partial charge in [-0.05, 0) is 23.9 Å². The Kier molecular flexibility index (Phi) is 8.50. The third-order valence-corrected chi connectivity index (χ3v) is 2.43. The Labute approximate surface area is 69.4 Å². The Morgan fingerprint density at radius 2 is 1.78 bits per heavy atom. The molecular weight excluding hydrogens is 180 g/mol. The molecule has 0 aromatic heterocycles. The fourth-order valence-electron chi connectivity index (χ4n) is 0.254. The van der Waals surface area contributed by atoms with Crippen LogP contribution in [0.2, 0.25) is 0 Å². The first kappa shape index (κ1) is 12.0. The summed E-state index contributed by atoms with van der Waals surface area (Å²) in [6.07, 6.45) is 3.59. The smallest absolute Gasteiger partial charge is 0.335 e. The van der Waals surface area contributed by atoms with Gasteiger partial charge in [-0.25, -0.2) is 8.51 Å². The van der Waals surface area contributed by atoms with Crippen LogP contribution in [0.1, 0.15) is 0 Å². The monoisotopic (exact) mass is 188 g/mol. The van der Waals surface area contributed by atoms with Gasteiger partial charge in [0.1, 0.15) is 0 Å². The number of rotatable bonds is 2. The first-order chi connectivity index (χ1) is 3.72. The average molecular weight is 189 g/mol. The summed E-state index contributed by atoms with van der Waals surface area (Å²) in [4.78, 5) is 10.3. The molecule has 0 fully saturated rings. The highest BCUT2D eigenvalue weighted by atomic mass is 35.5. The molecule has 0 aliphatic rings.